The Morgan fingerprint density at radius 2 is 2.25 bits per heavy atom. The summed E-state index contributed by atoms with van der Waals surface area (Å²) in [6, 6.07) is 5.05. The molecule has 1 aromatic carbocycles. The first-order valence-electron chi connectivity index (χ1n) is 5.26. The second kappa shape index (κ2) is 5.87. The van der Waals surface area contributed by atoms with E-state index in [-0.39, 0.29) is 18.6 Å². The summed E-state index contributed by atoms with van der Waals surface area (Å²) in [4.78, 5) is 11.8. The molecule has 0 fully saturated rings. The number of rotatable bonds is 4. The number of carbonyl (C=O) groups excluding carboxylic acids is 1. The lowest BCUT2D eigenvalue weighted by Gasteiger charge is -2.14. The normalized spacial score (nSPS) is 12.2. The van der Waals surface area contributed by atoms with Gasteiger partial charge in [-0.1, -0.05) is 24.6 Å². The maximum absolute atomic E-state index is 11.8. The zero-order chi connectivity index (χ0) is 12.1. The molecular formula is C12H16ClNO2. The van der Waals surface area contributed by atoms with Crippen LogP contribution in [0.1, 0.15) is 29.3 Å². The van der Waals surface area contributed by atoms with Crippen LogP contribution in [0.15, 0.2) is 18.2 Å². The van der Waals surface area contributed by atoms with Gasteiger partial charge >= 0.3 is 0 Å². The summed E-state index contributed by atoms with van der Waals surface area (Å²) in [7, 11) is 0. The molecule has 0 saturated carbocycles. The molecule has 1 unspecified atom stereocenters. The molecule has 16 heavy (non-hydrogen) atoms. The lowest BCUT2D eigenvalue weighted by Crippen LogP contribution is -2.37. The highest BCUT2D eigenvalue weighted by Gasteiger charge is 2.13. The van der Waals surface area contributed by atoms with E-state index in [1.54, 1.807) is 12.1 Å². The van der Waals surface area contributed by atoms with Crippen molar-refractivity contribution in [3.05, 3.63) is 34.3 Å². The van der Waals surface area contributed by atoms with E-state index in [1.807, 2.05) is 19.9 Å². The van der Waals surface area contributed by atoms with Gasteiger partial charge in [0, 0.05) is 0 Å². The van der Waals surface area contributed by atoms with E-state index in [0.29, 0.717) is 17.0 Å². The van der Waals surface area contributed by atoms with Crippen molar-refractivity contribution >= 4 is 17.5 Å². The topological polar surface area (TPSA) is 49.3 Å². The molecule has 0 aliphatic carbocycles. The number of carbonyl (C=O) groups is 1. The van der Waals surface area contributed by atoms with Crippen LogP contribution in [0.25, 0.3) is 0 Å². The minimum Gasteiger partial charge on any atom is -0.394 e. The predicted octanol–water partition coefficient (Wildman–Crippen LogP) is 2.15. The van der Waals surface area contributed by atoms with Crippen LogP contribution in [-0.4, -0.2) is 23.7 Å². The highest BCUT2D eigenvalue weighted by Crippen LogP contribution is 2.17. The van der Waals surface area contributed by atoms with Crippen molar-refractivity contribution in [2.45, 2.75) is 26.3 Å². The molecule has 88 valence electrons. The molecule has 0 bridgehead atoms. The van der Waals surface area contributed by atoms with E-state index in [2.05, 4.69) is 5.32 Å². The van der Waals surface area contributed by atoms with Crippen molar-refractivity contribution < 1.29 is 9.90 Å². The van der Waals surface area contributed by atoms with Crippen molar-refractivity contribution in [1.82, 2.24) is 5.32 Å². The summed E-state index contributed by atoms with van der Waals surface area (Å²) in [6.45, 7) is 3.75. The van der Waals surface area contributed by atoms with Crippen molar-refractivity contribution in [3.63, 3.8) is 0 Å². The fourth-order valence-electron chi connectivity index (χ4n) is 1.34. The Kier molecular flexibility index (Phi) is 4.77. The van der Waals surface area contributed by atoms with E-state index in [4.69, 9.17) is 16.7 Å². The van der Waals surface area contributed by atoms with Crippen molar-refractivity contribution in [2.75, 3.05) is 6.61 Å². The minimum atomic E-state index is -0.245. The monoisotopic (exact) mass is 241 g/mol. The molecule has 2 N–H and O–H groups in total. The van der Waals surface area contributed by atoms with E-state index in [9.17, 15) is 4.79 Å². The van der Waals surface area contributed by atoms with Crippen LogP contribution in [-0.2, 0) is 0 Å². The van der Waals surface area contributed by atoms with Gasteiger partial charge in [0.25, 0.3) is 5.91 Å². The van der Waals surface area contributed by atoms with Gasteiger partial charge in [-0.3, -0.25) is 4.79 Å². The van der Waals surface area contributed by atoms with Gasteiger partial charge in [0.15, 0.2) is 0 Å². The van der Waals surface area contributed by atoms with E-state index < -0.39 is 0 Å². The molecule has 0 aromatic heterocycles. The Morgan fingerprint density at radius 1 is 1.56 bits per heavy atom. The molecule has 0 radical (unpaired) electrons. The third kappa shape index (κ3) is 3.22. The van der Waals surface area contributed by atoms with Gasteiger partial charge in [0.1, 0.15) is 0 Å². The Labute approximate surface area is 100 Å². The molecule has 1 aromatic rings. The summed E-state index contributed by atoms with van der Waals surface area (Å²) >= 11 is 5.97. The van der Waals surface area contributed by atoms with Gasteiger partial charge in [-0.25, -0.2) is 0 Å². The Balaban J connectivity index is 2.80. The highest BCUT2D eigenvalue weighted by molar-refractivity contribution is 6.33. The average Bonchev–Trinajstić information content (AvgIpc) is 2.25. The summed E-state index contributed by atoms with van der Waals surface area (Å²) in [5.74, 6) is -0.245. The number of hydrogen-bond acceptors (Lipinski definition) is 2. The maximum atomic E-state index is 11.8. The van der Waals surface area contributed by atoms with Gasteiger partial charge in [-0.2, -0.15) is 0 Å². The van der Waals surface area contributed by atoms with Crippen molar-refractivity contribution in [3.8, 4) is 0 Å². The summed E-state index contributed by atoms with van der Waals surface area (Å²) in [5, 5.41) is 12.1. The summed E-state index contributed by atoms with van der Waals surface area (Å²) in [6.07, 6.45) is 0.686. The fourth-order valence-corrected chi connectivity index (χ4v) is 1.67. The van der Waals surface area contributed by atoms with Gasteiger partial charge in [0.2, 0.25) is 0 Å². The van der Waals surface area contributed by atoms with Crippen LogP contribution < -0.4 is 5.32 Å². The Hall–Kier alpha value is -1.06. The van der Waals surface area contributed by atoms with Gasteiger partial charge < -0.3 is 10.4 Å². The molecule has 0 aliphatic heterocycles. The van der Waals surface area contributed by atoms with Crippen molar-refractivity contribution in [1.29, 1.82) is 0 Å². The molecule has 0 spiro atoms. The smallest absolute Gasteiger partial charge is 0.253 e. The van der Waals surface area contributed by atoms with E-state index in [1.165, 1.54) is 0 Å². The maximum Gasteiger partial charge on any atom is 0.253 e. The first kappa shape index (κ1) is 13.0. The zero-order valence-corrected chi connectivity index (χ0v) is 10.2. The third-order valence-corrected chi connectivity index (χ3v) is 2.73. The second-order valence-electron chi connectivity index (χ2n) is 3.74. The first-order valence-corrected chi connectivity index (χ1v) is 5.64. The number of hydrogen-bond donors (Lipinski definition) is 2. The molecule has 3 nitrogen and oxygen atoms in total. The second-order valence-corrected chi connectivity index (χ2v) is 4.15. The average molecular weight is 242 g/mol. The first-order chi connectivity index (χ1) is 7.58. The number of aliphatic hydroxyl groups is 1. The largest absolute Gasteiger partial charge is 0.394 e. The number of nitrogens with one attached hydrogen (secondary N) is 1. The molecule has 1 rings (SSSR count). The lowest BCUT2D eigenvalue weighted by atomic mass is 10.1. The molecule has 1 atom stereocenters. The lowest BCUT2D eigenvalue weighted by molar-refractivity contribution is 0.0915. The van der Waals surface area contributed by atoms with Crippen LogP contribution in [0.3, 0.4) is 0 Å². The molecular weight excluding hydrogens is 226 g/mol. The standard InChI is InChI=1S/C12H16ClNO2/c1-3-9(7-15)14-12(16)10-5-4-8(2)6-11(10)13/h4-6,9,15H,3,7H2,1-2H3,(H,14,16). The SMILES string of the molecule is CCC(CO)NC(=O)c1ccc(C)cc1Cl. The molecule has 0 saturated heterocycles. The number of aryl methyl sites for hydroxylation is 1. The molecule has 0 aliphatic rings. The summed E-state index contributed by atoms with van der Waals surface area (Å²) in [5.41, 5.74) is 1.45. The highest BCUT2D eigenvalue weighted by atomic mass is 35.5. The van der Waals surface area contributed by atoms with Gasteiger partial charge in [-0.15, -0.1) is 0 Å². The van der Waals surface area contributed by atoms with E-state index >= 15 is 0 Å². The Bertz CT molecular complexity index is 375. The zero-order valence-electron chi connectivity index (χ0n) is 9.46. The third-order valence-electron chi connectivity index (χ3n) is 2.42. The van der Waals surface area contributed by atoms with E-state index in [0.717, 1.165) is 5.56 Å². The Morgan fingerprint density at radius 3 is 2.75 bits per heavy atom. The van der Waals surface area contributed by atoms with Crippen LogP contribution in [0.2, 0.25) is 5.02 Å². The van der Waals surface area contributed by atoms with Gasteiger partial charge in [-0.05, 0) is 31.0 Å². The van der Waals surface area contributed by atoms with Crippen molar-refractivity contribution in [2.24, 2.45) is 0 Å². The minimum absolute atomic E-state index is 0.0638. The fraction of sp³-hybridized carbons (Fsp3) is 0.417. The predicted molar refractivity (Wildman–Crippen MR) is 64.8 cm³/mol. The van der Waals surface area contributed by atoms with Crippen LogP contribution >= 0.6 is 11.6 Å². The van der Waals surface area contributed by atoms with Gasteiger partial charge in [0.05, 0.1) is 23.2 Å². The summed E-state index contributed by atoms with van der Waals surface area (Å²) < 4.78 is 0. The van der Waals surface area contributed by atoms with Crippen LogP contribution in [0.5, 0.6) is 0 Å². The molecule has 1 amide bonds. The van der Waals surface area contributed by atoms with Crippen LogP contribution in [0.4, 0.5) is 0 Å². The number of benzene rings is 1. The molecule has 4 heteroatoms. The quantitative estimate of drug-likeness (QED) is 0.849. The van der Waals surface area contributed by atoms with Crippen LogP contribution in [0, 0.1) is 6.92 Å². The number of aliphatic hydroxyl groups excluding tert-OH is 1. The number of halogens is 1. The number of amides is 1. The molecule has 0 heterocycles.